The fourth-order valence-electron chi connectivity index (χ4n) is 1.76. The van der Waals surface area contributed by atoms with Gasteiger partial charge in [-0.05, 0) is 25.0 Å². The normalized spacial score (nSPS) is 11.9. The molecule has 18 heavy (non-hydrogen) atoms. The fraction of sp³-hybridized carbons (Fsp3) is 0.429. The topological polar surface area (TPSA) is 66.4 Å². The van der Waals surface area contributed by atoms with E-state index in [-0.39, 0.29) is 12.3 Å². The lowest BCUT2D eigenvalue weighted by atomic mass is 10.0. The molecule has 2 N–H and O–H groups in total. The Morgan fingerprint density at radius 1 is 1.33 bits per heavy atom. The van der Waals surface area contributed by atoms with Gasteiger partial charge in [-0.3, -0.25) is 9.59 Å². The molecule has 1 amide bonds. The van der Waals surface area contributed by atoms with E-state index in [0.29, 0.717) is 6.54 Å². The van der Waals surface area contributed by atoms with Gasteiger partial charge >= 0.3 is 5.97 Å². The first-order chi connectivity index (χ1) is 8.40. The van der Waals surface area contributed by atoms with Gasteiger partial charge in [0, 0.05) is 12.5 Å². The largest absolute Gasteiger partial charge is 0.481 e. The van der Waals surface area contributed by atoms with Gasteiger partial charge in [0.05, 0.1) is 6.42 Å². The number of carbonyl (C=O) groups is 2. The van der Waals surface area contributed by atoms with Crippen molar-refractivity contribution in [3.63, 3.8) is 0 Å². The van der Waals surface area contributed by atoms with Gasteiger partial charge in [-0.15, -0.1) is 0 Å². The van der Waals surface area contributed by atoms with Crippen molar-refractivity contribution in [2.45, 2.75) is 33.7 Å². The van der Waals surface area contributed by atoms with Crippen molar-refractivity contribution in [1.29, 1.82) is 0 Å². The highest BCUT2D eigenvalue weighted by Gasteiger charge is 2.16. The molecule has 0 aliphatic carbocycles. The van der Waals surface area contributed by atoms with Gasteiger partial charge in [-0.1, -0.05) is 30.7 Å². The maximum Gasteiger partial charge on any atom is 0.304 e. The standard InChI is InChI=1S/C14H19NO3/c1-9-4-5-12(10(2)6-9)8-15-14(18)11(3)7-13(16)17/h4-6,11H,7-8H2,1-3H3,(H,15,18)(H,16,17). The predicted molar refractivity (Wildman–Crippen MR) is 69.2 cm³/mol. The number of amides is 1. The van der Waals surface area contributed by atoms with E-state index in [0.717, 1.165) is 11.1 Å². The second-order valence-electron chi connectivity index (χ2n) is 4.65. The Morgan fingerprint density at radius 3 is 2.56 bits per heavy atom. The fourth-order valence-corrected chi connectivity index (χ4v) is 1.76. The van der Waals surface area contributed by atoms with E-state index < -0.39 is 11.9 Å². The molecule has 0 aromatic heterocycles. The third-order valence-electron chi connectivity index (χ3n) is 2.88. The van der Waals surface area contributed by atoms with Crippen molar-refractivity contribution in [1.82, 2.24) is 5.32 Å². The molecular formula is C14H19NO3. The minimum atomic E-state index is -0.954. The summed E-state index contributed by atoms with van der Waals surface area (Å²) in [6.07, 6.45) is -0.140. The monoisotopic (exact) mass is 249 g/mol. The molecule has 0 heterocycles. The van der Waals surface area contributed by atoms with Crippen LogP contribution in [0.15, 0.2) is 18.2 Å². The van der Waals surface area contributed by atoms with Crippen molar-refractivity contribution in [2.24, 2.45) is 5.92 Å². The van der Waals surface area contributed by atoms with Crippen LogP contribution >= 0.6 is 0 Å². The maximum absolute atomic E-state index is 11.7. The number of aryl methyl sites for hydroxylation is 2. The molecule has 98 valence electrons. The van der Waals surface area contributed by atoms with Crippen molar-refractivity contribution in [2.75, 3.05) is 0 Å². The number of hydrogen-bond donors (Lipinski definition) is 2. The van der Waals surface area contributed by atoms with Gasteiger partial charge in [0.1, 0.15) is 0 Å². The first-order valence-electron chi connectivity index (χ1n) is 5.95. The molecule has 1 unspecified atom stereocenters. The van der Waals surface area contributed by atoms with Gasteiger partial charge in [0.2, 0.25) is 5.91 Å². The average Bonchev–Trinajstić information content (AvgIpc) is 2.26. The highest BCUT2D eigenvalue weighted by molar-refractivity contribution is 5.82. The second kappa shape index (κ2) is 6.19. The van der Waals surface area contributed by atoms with Crippen LogP contribution < -0.4 is 5.32 Å². The molecule has 1 aromatic carbocycles. The Morgan fingerprint density at radius 2 is 2.00 bits per heavy atom. The Balaban J connectivity index is 2.54. The summed E-state index contributed by atoms with van der Waals surface area (Å²) in [5, 5.41) is 11.4. The third-order valence-corrected chi connectivity index (χ3v) is 2.88. The zero-order valence-corrected chi connectivity index (χ0v) is 11.0. The Kier molecular flexibility index (Phi) is 4.89. The Hall–Kier alpha value is -1.84. The Bertz CT molecular complexity index is 454. The number of carboxylic acids is 1. The third kappa shape index (κ3) is 4.20. The van der Waals surface area contributed by atoms with Crippen LogP contribution in [-0.2, 0) is 16.1 Å². The van der Waals surface area contributed by atoms with Crippen LogP contribution in [-0.4, -0.2) is 17.0 Å². The Labute approximate surface area is 107 Å². The van der Waals surface area contributed by atoms with E-state index in [4.69, 9.17) is 5.11 Å². The minimum Gasteiger partial charge on any atom is -0.481 e. The molecule has 1 rings (SSSR count). The summed E-state index contributed by atoms with van der Waals surface area (Å²) in [6, 6.07) is 6.03. The van der Waals surface area contributed by atoms with Gasteiger partial charge in [-0.25, -0.2) is 0 Å². The van der Waals surface area contributed by atoms with E-state index >= 15 is 0 Å². The number of aliphatic carboxylic acids is 1. The zero-order valence-electron chi connectivity index (χ0n) is 11.0. The number of rotatable bonds is 5. The van der Waals surface area contributed by atoms with Gasteiger partial charge in [0.25, 0.3) is 0 Å². The number of carboxylic acid groups (broad SMARTS) is 1. The van der Waals surface area contributed by atoms with Crippen LogP contribution in [0.1, 0.15) is 30.0 Å². The van der Waals surface area contributed by atoms with Gasteiger partial charge in [0.15, 0.2) is 0 Å². The molecule has 1 atom stereocenters. The molecule has 0 radical (unpaired) electrons. The van der Waals surface area contributed by atoms with Crippen LogP contribution in [0, 0.1) is 19.8 Å². The van der Waals surface area contributed by atoms with Crippen LogP contribution in [0.25, 0.3) is 0 Å². The maximum atomic E-state index is 11.7. The molecular weight excluding hydrogens is 230 g/mol. The highest BCUT2D eigenvalue weighted by atomic mass is 16.4. The SMILES string of the molecule is Cc1ccc(CNC(=O)C(C)CC(=O)O)c(C)c1. The first-order valence-corrected chi connectivity index (χ1v) is 5.95. The minimum absolute atomic E-state index is 0.140. The molecule has 1 aromatic rings. The summed E-state index contributed by atoms with van der Waals surface area (Å²) in [5.41, 5.74) is 3.36. The molecule has 0 saturated heterocycles. The summed E-state index contributed by atoms with van der Waals surface area (Å²) in [6.45, 7) is 6.07. The summed E-state index contributed by atoms with van der Waals surface area (Å²) >= 11 is 0. The molecule has 0 saturated carbocycles. The number of carbonyl (C=O) groups excluding carboxylic acids is 1. The molecule has 4 heteroatoms. The summed E-state index contributed by atoms with van der Waals surface area (Å²) < 4.78 is 0. The average molecular weight is 249 g/mol. The van der Waals surface area contributed by atoms with Crippen molar-refractivity contribution in [3.8, 4) is 0 Å². The summed E-state index contributed by atoms with van der Waals surface area (Å²) in [4.78, 5) is 22.2. The molecule has 0 aliphatic rings. The van der Waals surface area contributed by atoms with Gasteiger partial charge in [-0.2, -0.15) is 0 Å². The van der Waals surface area contributed by atoms with E-state index in [1.54, 1.807) is 6.92 Å². The molecule has 0 fully saturated rings. The summed E-state index contributed by atoms with van der Waals surface area (Å²) in [5.74, 6) is -1.69. The van der Waals surface area contributed by atoms with Crippen molar-refractivity contribution >= 4 is 11.9 Å². The van der Waals surface area contributed by atoms with Crippen molar-refractivity contribution < 1.29 is 14.7 Å². The lowest BCUT2D eigenvalue weighted by Crippen LogP contribution is -2.30. The van der Waals surface area contributed by atoms with E-state index in [1.165, 1.54) is 5.56 Å². The van der Waals surface area contributed by atoms with Crippen molar-refractivity contribution in [3.05, 3.63) is 34.9 Å². The number of hydrogen-bond acceptors (Lipinski definition) is 2. The second-order valence-corrected chi connectivity index (χ2v) is 4.65. The van der Waals surface area contributed by atoms with E-state index in [1.807, 2.05) is 26.0 Å². The molecule has 0 spiro atoms. The predicted octanol–water partition coefficient (Wildman–Crippen LogP) is 2.03. The lowest BCUT2D eigenvalue weighted by Gasteiger charge is -2.12. The van der Waals surface area contributed by atoms with Gasteiger partial charge < -0.3 is 10.4 Å². The van der Waals surface area contributed by atoms with Crippen LogP contribution in [0.2, 0.25) is 0 Å². The number of nitrogens with one attached hydrogen (secondary N) is 1. The lowest BCUT2D eigenvalue weighted by molar-refractivity contribution is -0.140. The van der Waals surface area contributed by atoms with Crippen LogP contribution in [0.3, 0.4) is 0 Å². The quantitative estimate of drug-likeness (QED) is 0.839. The molecule has 0 aliphatic heterocycles. The highest BCUT2D eigenvalue weighted by Crippen LogP contribution is 2.10. The van der Waals surface area contributed by atoms with Crippen LogP contribution in [0.5, 0.6) is 0 Å². The van der Waals surface area contributed by atoms with Crippen LogP contribution in [0.4, 0.5) is 0 Å². The number of benzene rings is 1. The smallest absolute Gasteiger partial charge is 0.304 e. The van der Waals surface area contributed by atoms with E-state index in [2.05, 4.69) is 11.4 Å². The van der Waals surface area contributed by atoms with E-state index in [9.17, 15) is 9.59 Å². The first kappa shape index (κ1) is 14.2. The molecule has 4 nitrogen and oxygen atoms in total. The summed E-state index contributed by atoms with van der Waals surface area (Å²) in [7, 11) is 0. The zero-order chi connectivity index (χ0) is 13.7. The molecule has 0 bridgehead atoms.